The van der Waals surface area contributed by atoms with E-state index in [0.29, 0.717) is 23.2 Å². The molecule has 3 heterocycles. The molecule has 30 heavy (non-hydrogen) atoms. The van der Waals surface area contributed by atoms with Gasteiger partial charge in [0.1, 0.15) is 16.6 Å². The first kappa shape index (κ1) is 21.4. The number of carbonyl (C=O) groups excluding carboxylic acids is 1. The third kappa shape index (κ3) is 4.74. The fourth-order valence-corrected chi connectivity index (χ4v) is 5.03. The second kappa shape index (κ2) is 8.73. The van der Waals surface area contributed by atoms with Crippen LogP contribution in [0.1, 0.15) is 26.3 Å². The highest BCUT2D eigenvalue weighted by Gasteiger charge is 2.40. The van der Waals surface area contributed by atoms with Crippen LogP contribution >= 0.6 is 23.4 Å². The molecule has 1 aromatic carbocycles. The van der Waals surface area contributed by atoms with E-state index in [-0.39, 0.29) is 12.1 Å². The summed E-state index contributed by atoms with van der Waals surface area (Å²) in [5.41, 5.74) is 1.09. The van der Waals surface area contributed by atoms with Gasteiger partial charge in [0.05, 0.1) is 6.04 Å². The third-order valence-electron chi connectivity index (χ3n) is 5.16. The molecule has 1 aromatic heterocycles. The van der Waals surface area contributed by atoms with Crippen molar-refractivity contribution in [2.45, 2.75) is 38.8 Å². The van der Waals surface area contributed by atoms with Crippen LogP contribution in [0.2, 0.25) is 5.15 Å². The number of hydrogen-bond acceptors (Lipinski definition) is 6. The number of nitrogens with zero attached hydrogens (tertiary/aromatic N) is 4. The van der Waals surface area contributed by atoms with E-state index >= 15 is 0 Å². The van der Waals surface area contributed by atoms with Gasteiger partial charge in [0.2, 0.25) is 0 Å². The van der Waals surface area contributed by atoms with Gasteiger partial charge in [0.15, 0.2) is 5.82 Å². The van der Waals surface area contributed by atoms with Gasteiger partial charge >= 0.3 is 6.09 Å². The van der Waals surface area contributed by atoms with E-state index in [2.05, 4.69) is 9.88 Å². The Bertz CT molecular complexity index is 913. The minimum Gasteiger partial charge on any atom is -0.443 e. The number of aromatic nitrogens is 2. The maximum atomic E-state index is 13.2. The number of thioether (sulfide) groups is 1. The molecule has 1 saturated heterocycles. The molecule has 1 fully saturated rings. The topological polar surface area (TPSA) is 58.6 Å². The summed E-state index contributed by atoms with van der Waals surface area (Å²) in [6, 6.07) is 9.61. The fourth-order valence-electron chi connectivity index (χ4n) is 3.81. The molecule has 0 N–H and O–H groups in total. The predicted octanol–water partition coefficient (Wildman–Crippen LogP) is 4.51. The normalized spacial score (nSPS) is 19.6. The fraction of sp³-hybridized carbons (Fsp3) is 0.500. The van der Waals surface area contributed by atoms with Crippen LogP contribution in [0.25, 0.3) is 11.4 Å². The highest BCUT2D eigenvalue weighted by molar-refractivity contribution is 7.99. The summed E-state index contributed by atoms with van der Waals surface area (Å²) in [6.45, 7) is 8.44. The van der Waals surface area contributed by atoms with Crippen LogP contribution in [-0.4, -0.2) is 63.7 Å². The van der Waals surface area contributed by atoms with E-state index in [1.807, 2.05) is 62.9 Å². The van der Waals surface area contributed by atoms with Gasteiger partial charge in [-0.05, 0) is 20.8 Å². The lowest BCUT2D eigenvalue weighted by Gasteiger charge is -2.33. The van der Waals surface area contributed by atoms with Crippen molar-refractivity contribution in [3.63, 3.8) is 0 Å². The average Bonchev–Trinajstić information content (AvgIpc) is 3.07. The summed E-state index contributed by atoms with van der Waals surface area (Å²) in [5, 5.41) is 0.407. The highest BCUT2D eigenvalue weighted by atomic mass is 35.5. The van der Waals surface area contributed by atoms with Gasteiger partial charge < -0.3 is 4.74 Å². The lowest BCUT2D eigenvalue weighted by atomic mass is 10.1. The molecule has 6 nitrogen and oxygen atoms in total. The smallest absolute Gasteiger partial charge is 0.416 e. The molecule has 8 heteroatoms. The largest absolute Gasteiger partial charge is 0.443 e. The van der Waals surface area contributed by atoms with Crippen LogP contribution in [0.4, 0.5) is 10.6 Å². The predicted molar refractivity (Wildman–Crippen MR) is 122 cm³/mol. The summed E-state index contributed by atoms with van der Waals surface area (Å²) < 4.78 is 5.74. The minimum atomic E-state index is -0.592. The lowest BCUT2D eigenvalue weighted by molar-refractivity contribution is 0.0562. The van der Waals surface area contributed by atoms with Crippen LogP contribution < -0.4 is 4.90 Å². The molecule has 160 valence electrons. The number of halogens is 1. The van der Waals surface area contributed by atoms with Gasteiger partial charge in [-0.25, -0.2) is 14.8 Å². The average molecular weight is 447 g/mol. The Morgan fingerprint density at radius 2 is 1.90 bits per heavy atom. The lowest BCUT2D eigenvalue weighted by Crippen LogP contribution is -2.48. The summed E-state index contributed by atoms with van der Waals surface area (Å²) in [7, 11) is 0. The molecule has 0 aliphatic carbocycles. The van der Waals surface area contributed by atoms with Crippen molar-refractivity contribution in [2.75, 3.05) is 36.0 Å². The maximum absolute atomic E-state index is 13.2. The molecule has 1 atom stereocenters. The Labute approximate surface area is 187 Å². The minimum absolute atomic E-state index is 0.0734. The van der Waals surface area contributed by atoms with E-state index in [9.17, 15) is 4.79 Å². The van der Waals surface area contributed by atoms with E-state index in [4.69, 9.17) is 21.3 Å². The molecule has 1 amide bonds. The summed E-state index contributed by atoms with van der Waals surface area (Å²) in [5.74, 6) is 3.32. The number of benzene rings is 1. The van der Waals surface area contributed by atoms with Gasteiger partial charge in [-0.15, -0.1) is 0 Å². The van der Waals surface area contributed by atoms with Crippen LogP contribution in [0, 0.1) is 0 Å². The third-order valence-corrected chi connectivity index (χ3v) is 6.42. The van der Waals surface area contributed by atoms with Crippen molar-refractivity contribution in [2.24, 2.45) is 0 Å². The first-order chi connectivity index (χ1) is 14.3. The Balaban J connectivity index is 1.70. The zero-order chi connectivity index (χ0) is 21.3. The monoisotopic (exact) mass is 446 g/mol. The molecule has 2 aromatic rings. The summed E-state index contributed by atoms with van der Waals surface area (Å²) >= 11 is 8.56. The van der Waals surface area contributed by atoms with Gasteiger partial charge in [-0.3, -0.25) is 9.80 Å². The quantitative estimate of drug-likeness (QED) is 0.646. The molecule has 2 aliphatic heterocycles. The first-order valence-corrected chi connectivity index (χ1v) is 11.8. The Morgan fingerprint density at radius 1 is 1.20 bits per heavy atom. The van der Waals surface area contributed by atoms with Gasteiger partial charge in [0, 0.05) is 48.7 Å². The zero-order valence-electron chi connectivity index (χ0n) is 17.6. The van der Waals surface area contributed by atoms with Crippen LogP contribution in [0.3, 0.4) is 0 Å². The standard InChI is InChI=1S/C22H27ClN4O2S/c1-22(2,3)29-21(28)27-16(14-26-9-11-30-12-10-26)13-17-18(23)24-19(25-20(17)27)15-7-5-4-6-8-15/h4-8,16H,9-14H2,1-3H3. The van der Waals surface area contributed by atoms with Crippen molar-refractivity contribution in [3.8, 4) is 11.4 Å². The SMILES string of the molecule is CC(C)(C)OC(=O)N1c2nc(-c3ccccc3)nc(Cl)c2CC1CN1CCSCC1. The molecule has 0 spiro atoms. The maximum Gasteiger partial charge on any atom is 0.416 e. The van der Waals surface area contributed by atoms with Crippen molar-refractivity contribution >= 4 is 35.3 Å². The van der Waals surface area contributed by atoms with Crippen molar-refractivity contribution in [1.29, 1.82) is 0 Å². The van der Waals surface area contributed by atoms with Crippen LogP contribution in [0.5, 0.6) is 0 Å². The van der Waals surface area contributed by atoms with E-state index < -0.39 is 5.60 Å². The molecule has 1 unspecified atom stereocenters. The number of rotatable bonds is 3. The number of carbonyl (C=O) groups is 1. The number of hydrogen-bond donors (Lipinski definition) is 0. The van der Waals surface area contributed by atoms with E-state index in [0.717, 1.165) is 42.3 Å². The van der Waals surface area contributed by atoms with Crippen LogP contribution in [0.15, 0.2) is 30.3 Å². The van der Waals surface area contributed by atoms with Crippen molar-refractivity contribution in [1.82, 2.24) is 14.9 Å². The second-order valence-electron chi connectivity index (χ2n) is 8.63. The Kier molecular flexibility index (Phi) is 6.23. The number of amides is 1. The molecule has 4 rings (SSSR count). The van der Waals surface area contributed by atoms with Crippen LogP contribution in [-0.2, 0) is 11.2 Å². The van der Waals surface area contributed by atoms with Crippen molar-refractivity contribution < 1.29 is 9.53 Å². The second-order valence-corrected chi connectivity index (χ2v) is 10.2. The molecule has 0 saturated carbocycles. The van der Waals surface area contributed by atoms with E-state index in [1.54, 1.807) is 4.90 Å². The zero-order valence-corrected chi connectivity index (χ0v) is 19.2. The molecular weight excluding hydrogens is 420 g/mol. The highest BCUT2D eigenvalue weighted by Crippen LogP contribution is 2.37. The Hall–Kier alpha value is -1.83. The molecule has 0 radical (unpaired) electrons. The number of anilines is 1. The Morgan fingerprint density at radius 3 is 2.57 bits per heavy atom. The van der Waals surface area contributed by atoms with E-state index in [1.165, 1.54) is 0 Å². The van der Waals surface area contributed by atoms with Gasteiger partial charge in [0.25, 0.3) is 0 Å². The summed E-state index contributed by atoms with van der Waals surface area (Å²) in [6.07, 6.45) is 0.248. The molecule has 2 aliphatic rings. The van der Waals surface area contributed by atoms with Gasteiger partial charge in [-0.1, -0.05) is 41.9 Å². The molecular formula is C22H27ClN4O2S. The first-order valence-electron chi connectivity index (χ1n) is 10.3. The molecule has 0 bridgehead atoms. The van der Waals surface area contributed by atoms with Crippen molar-refractivity contribution in [3.05, 3.63) is 41.0 Å². The number of fused-ring (bicyclic) bond motifs is 1. The number of ether oxygens (including phenoxy) is 1. The van der Waals surface area contributed by atoms with Gasteiger partial charge in [-0.2, -0.15) is 11.8 Å². The summed E-state index contributed by atoms with van der Waals surface area (Å²) in [4.78, 5) is 26.6.